The van der Waals surface area contributed by atoms with Gasteiger partial charge in [-0.15, -0.1) is 11.6 Å². The number of Topliss-reactive ketones (excluding diaryl/α,β-unsaturated/α-hetero) is 2. The number of rotatable bonds is 22. The minimum Gasteiger partial charge on any atom is -0.481 e. The highest BCUT2D eigenvalue weighted by Crippen LogP contribution is 2.19. The summed E-state index contributed by atoms with van der Waals surface area (Å²) in [5, 5.41) is 27.7. The number of aliphatic hydroxyl groups excluding tert-OH is 2. The average Bonchev–Trinajstić information content (AvgIpc) is 3.05. The van der Waals surface area contributed by atoms with Crippen LogP contribution in [0, 0.1) is 10.8 Å². The highest BCUT2D eigenvalue weighted by atomic mass is 35.5. The molecule has 0 aromatic rings. The Bertz CT molecular complexity index is 783. The summed E-state index contributed by atoms with van der Waals surface area (Å²) >= 11 is 5.14. The van der Waals surface area contributed by atoms with E-state index in [1.807, 2.05) is 55.6 Å². The molecule has 0 unspecified atom stereocenters. The van der Waals surface area contributed by atoms with E-state index in [1.165, 1.54) is 0 Å². The van der Waals surface area contributed by atoms with Crippen molar-refractivity contribution in [3.8, 4) is 0 Å². The molecule has 0 radical (unpaired) electrons. The monoisotopic (exact) mass is 742 g/mol. The lowest BCUT2D eigenvalue weighted by Crippen LogP contribution is -2.20. The second kappa shape index (κ2) is 40.1. The van der Waals surface area contributed by atoms with Crippen molar-refractivity contribution in [2.24, 2.45) is 10.8 Å². The number of aliphatic hydroxyl groups is 2. The van der Waals surface area contributed by atoms with Gasteiger partial charge in [-0.25, -0.2) is 0 Å². The summed E-state index contributed by atoms with van der Waals surface area (Å²) in [5.74, 6) is 0.0955. The average molecular weight is 743 g/mol. The second-order valence-corrected chi connectivity index (χ2v) is 14.4. The fraction of sp³-hybridized carbons (Fsp3) is 0.895. The normalized spacial score (nSPS) is 10.7. The van der Waals surface area contributed by atoms with Crippen molar-refractivity contribution in [3.63, 3.8) is 0 Å². The highest BCUT2D eigenvalue weighted by molar-refractivity contribution is 6.17. The van der Waals surface area contributed by atoms with Gasteiger partial charge in [0.2, 0.25) is 0 Å². The Kier molecular flexibility index (Phi) is 46.3. The van der Waals surface area contributed by atoms with Crippen molar-refractivity contribution < 1.29 is 39.2 Å². The fourth-order valence-electron chi connectivity index (χ4n) is 3.18. The molecule has 0 fully saturated rings. The number of carboxylic acids is 1. The van der Waals surface area contributed by atoms with Crippen LogP contribution >= 0.6 is 11.6 Å². The molecule has 302 valence electrons. The Morgan fingerprint density at radius 2 is 1.04 bits per heavy atom. The number of aliphatic carboxylic acids is 1. The zero-order chi connectivity index (χ0) is 40.0. The first kappa shape index (κ1) is 57.7. The zero-order valence-corrected chi connectivity index (χ0v) is 35.1. The lowest BCUT2D eigenvalue weighted by atomic mass is 9.88. The molecule has 0 saturated carbocycles. The molecule has 0 spiro atoms. The van der Waals surface area contributed by atoms with Crippen LogP contribution in [0.4, 0.5) is 0 Å². The molecular weight excluding hydrogens is 662 g/mol. The Labute approximate surface area is 312 Å². The van der Waals surface area contributed by atoms with Gasteiger partial charge in [0.25, 0.3) is 0 Å². The van der Waals surface area contributed by atoms with Crippen LogP contribution in [0.5, 0.6) is 0 Å². The maximum absolute atomic E-state index is 11.7. The van der Waals surface area contributed by atoms with E-state index in [9.17, 15) is 19.2 Å². The molecule has 0 saturated heterocycles. The number of hydrogen-bond donors (Lipinski definition) is 4. The number of alkyl halides is 1. The van der Waals surface area contributed by atoms with Crippen molar-refractivity contribution in [2.45, 2.75) is 133 Å². The summed E-state index contributed by atoms with van der Waals surface area (Å²) in [6, 6.07) is 0. The first-order chi connectivity index (χ1) is 23.2. The van der Waals surface area contributed by atoms with Gasteiger partial charge in [-0.05, 0) is 92.3 Å². The summed E-state index contributed by atoms with van der Waals surface area (Å²) < 4.78 is 5.16. The van der Waals surface area contributed by atoms with Crippen molar-refractivity contribution in [3.05, 3.63) is 0 Å². The molecule has 0 bridgehead atoms. The molecule has 0 aliphatic heterocycles. The number of carbonyl (C=O) groups excluding carboxylic acids is 3. The second-order valence-electron chi connectivity index (χ2n) is 14.1. The van der Waals surface area contributed by atoms with Gasteiger partial charge < -0.3 is 35.2 Å². The molecule has 0 amide bonds. The number of carbonyl (C=O) groups is 4. The van der Waals surface area contributed by atoms with E-state index < -0.39 is 5.97 Å². The Morgan fingerprint density at radius 1 is 0.660 bits per heavy atom. The third-order valence-corrected chi connectivity index (χ3v) is 7.39. The van der Waals surface area contributed by atoms with E-state index in [1.54, 1.807) is 0 Å². The quantitative estimate of drug-likeness (QED) is 0.0550. The van der Waals surface area contributed by atoms with Crippen LogP contribution < -0.4 is 5.32 Å². The van der Waals surface area contributed by atoms with Crippen LogP contribution in [-0.4, -0.2) is 128 Å². The van der Waals surface area contributed by atoms with E-state index in [0.29, 0.717) is 57.6 Å². The van der Waals surface area contributed by atoms with E-state index in [-0.39, 0.29) is 41.4 Å². The maximum atomic E-state index is 11.7. The van der Waals surface area contributed by atoms with E-state index in [2.05, 4.69) is 42.9 Å². The standard InChI is InChI=1S/C16H31NO3.C10H18O3.C6H15NO.C3H7ClO.C3H9N/c1-6-17(5)12-9-13-20-15(19)11-8-7-10-14(18)16(2,3)4;1-10(2,3)8(11)6-4-5-7-9(12)13;1-3-7(2)5-4-6-8;4-2-1-3-5;1-3-4-2/h6-13H2,1-5H3;4-7H2,1-3H3,(H,12,13);8H,3-6H2,1-2H3;5H,1-3H2;4H,3H2,1-2H3. The molecule has 0 aromatic carbocycles. The Hall–Kier alpha value is -1.63. The molecule has 0 atom stereocenters. The van der Waals surface area contributed by atoms with Gasteiger partial charge in [-0.2, -0.15) is 0 Å². The minimum absolute atomic E-state index is 0.146. The van der Waals surface area contributed by atoms with Gasteiger partial charge in [0, 0.05) is 62.2 Å². The summed E-state index contributed by atoms with van der Waals surface area (Å²) in [7, 11) is 6.03. The van der Waals surface area contributed by atoms with Crippen LogP contribution in [0.25, 0.3) is 0 Å². The van der Waals surface area contributed by atoms with Gasteiger partial charge in [-0.1, -0.05) is 62.3 Å². The smallest absolute Gasteiger partial charge is 0.305 e. The number of unbranched alkanes of at least 4 members (excludes halogenated alkanes) is 2. The zero-order valence-electron chi connectivity index (χ0n) is 34.3. The van der Waals surface area contributed by atoms with Crippen molar-refractivity contribution in [1.29, 1.82) is 0 Å². The Morgan fingerprint density at radius 3 is 1.34 bits per heavy atom. The molecule has 0 aromatic heterocycles. The highest BCUT2D eigenvalue weighted by Gasteiger charge is 2.21. The first-order valence-corrected chi connectivity index (χ1v) is 19.0. The molecule has 0 aliphatic rings. The molecular formula is C38H80ClN3O8. The molecule has 0 heterocycles. The van der Waals surface area contributed by atoms with Crippen molar-refractivity contribution in [1.82, 2.24) is 15.1 Å². The van der Waals surface area contributed by atoms with Crippen molar-refractivity contribution in [2.75, 3.05) is 79.6 Å². The summed E-state index contributed by atoms with van der Waals surface area (Å²) in [4.78, 5) is 49.1. The van der Waals surface area contributed by atoms with E-state index in [0.717, 1.165) is 58.4 Å². The number of halogens is 1. The molecule has 0 rings (SSSR count). The summed E-state index contributed by atoms with van der Waals surface area (Å²) in [6.07, 6.45) is 6.89. The van der Waals surface area contributed by atoms with Crippen LogP contribution in [0.1, 0.15) is 133 Å². The third kappa shape index (κ3) is 53.2. The predicted molar refractivity (Wildman–Crippen MR) is 209 cm³/mol. The summed E-state index contributed by atoms with van der Waals surface area (Å²) in [6.45, 7) is 23.8. The number of carboxylic acid groups (broad SMARTS) is 1. The van der Waals surface area contributed by atoms with Gasteiger partial charge >= 0.3 is 11.9 Å². The lowest BCUT2D eigenvalue weighted by molar-refractivity contribution is -0.144. The van der Waals surface area contributed by atoms with Gasteiger partial charge in [0.05, 0.1) is 6.61 Å². The third-order valence-electron chi connectivity index (χ3n) is 7.12. The largest absolute Gasteiger partial charge is 0.481 e. The maximum Gasteiger partial charge on any atom is 0.305 e. The molecule has 4 N–H and O–H groups in total. The lowest BCUT2D eigenvalue weighted by Gasteiger charge is -2.16. The van der Waals surface area contributed by atoms with Crippen LogP contribution in [0.15, 0.2) is 0 Å². The number of nitrogens with zero attached hydrogens (tertiary/aromatic N) is 2. The predicted octanol–water partition coefficient (Wildman–Crippen LogP) is 6.45. The fourth-order valence-corrected chi connectivity index (χ4v) is 3.30. The van der Waals surface area contributed by atoms with Crippen molar-refractivity contribution >= 4 is 35.1 Å². The van der Waals surface area contributed by atoms with Crippen LogP contribution in [0.2, 0.25) is 0 Å². The number of ether oxygens (including phenoxy) is 1. The van der Waals surface area contributed by atoms with Gasteiger partial charge in [0.1, 0.15) is 11.6 Å². The van der Waals surface area contributed by atoms with E-state index >= 15 is 0 Å². The molecule has 0 aliphatic carbocycles. The van der Waals surface area contributed by atoms with Crippen LogP contribution in [0.3, 0.4) is 0 Å². The number of hydrogen-bond acceptors (Lipinski definition) is 10. The van der Waals surface area contributed by atoms with Crippen LogP contribution in [-0.2, 0) is 23.9 Å². The van der Waals surface area contributed by atoms with Gasteiger partial charge in [-0.3, -0.25) is 19.2 Å². The Balaban J connectivity index is -0.000000192. The summed E-state index contributed by atoms with van der Waals surface area (Å²) in [5.41, 5.74) is -0.560. The van der Waals surface area contributed by atoms with E-state index in [4.69, 9.17) is 31.7 Å². The molecule has 11 nitrogen and oxygen atoms in total. The topological polar surface area (TPSA) is 157 Å². The molecule has 50 heavy (non-hydrogen) atoms. The van der Waals surface area contributed by atoms with Gasteiger partial charge in [0.15, 0.2) is 0 Å². The SMILES string of the molecule is CC(C)(C)C(=O)CCCCC(=O)O.CCN(C)CCCO.CCN(C)CCCOC(=O)CCCCC(=O)C(C)(C)C.CCNC.OCCCCl. The number of nitrogens with one attached hydrogen (secondary N) is 1. The molecule has 12 heteroatoms. The number of esters is 1. The number of ketones is 2. The first-order valence-electron chi connectivity index (χ1n) is 18.5. The minimum atomic E-state index is -0.789.